The number of amides is 1. The van der Waals surface area contributed by atoms with Crippen molar-refractivity contribution in [2.45, 2.75) is 26.9 Å². The van der Waals surface area contributed by atoms with Crippen LogP contribution >= 0.6 is 0 Å². The highest BCUT2D eigenvalue weighted by molar-refractivity contribution is 5.72. The highest BCUT2D eigenvalue weighted by Gasteiger charge is 2.16. The van der Waals surface area contributed by atoms with E-state index in [9.17, 15) is 14.9 Å². The van der Waals surface area contributed by atoms with Gasteiger partial charge >= 0.3 is 5.69 Å². The summed E-state index contributed by atoms with van der Waals surface area (Å²) in [6.07, 6.45) is -0.150. The Bertz CT molecular complexity index is 489. The lowest BCUT2D eigenvalue weighted by Crippen LogP contribution is -2.26. The van der Waals surface area contributed by atoms with Crippen molar-refractivity contribution in [2.24, 2.45) is 0 Å². The van der Waals surface area contributed by atoms with Gasteiger partial charge in [0.15, 0.2) is 5.75 Å². The molecule has 2 N–H and O–H groups in total. The molecule has 0 aliphatic rings. The van der Waals surface area contributed by atoms with Crippen LogP contribution in [0.3, 0.4) is 0 Å². The molecule has 1 aromatic carbocycles. The van der Waals surface area contributed by atoms with Crippen LogP contribution in [0, 0.1) is 10.1 Å². The van der Waals surface area contributed by atoms with Crippen LogP contribution in [-0.4, -0.2) is 30.0 Å². The summed E-state index contributed by atoms with van der Waals surface area (Å²) >= 11 is 0. The van der Waals surface area contributed by atoms with E-state index in [-0.39, 0.29) is 23.4 Å². The predicted octanol–water partition coefficient (Wildman–Crippen LogP) is 1.93. The molecule has 0 bridgehead atoms. The minimum absolute atomic E-state index is 0.0638. The van der Waals surface area contributed by atoms with Crippen LogP contribution in [-0.2, 0) is 4.79 Å². The van der Waals surface area contributed by atoms with Crippen LogP contribution in [0.5, 0.6) is 5.75 Å². The topological polar surface area (TPSA) is 93.5 Å². The minimum Gasteiger partial charge on any atom is -0.484 e. The van der Waals surface area contributed by atoms with Crippen molar-refractivity contribution >= 4 is 17.3 Å². The van der Waals surface area contributed by atoms with E-state index in [1.54, 1.807) is 26.0 Å². The van der Waals surface area contributed by atoms with E-state index < -0.39 is 4.92 Å². The molecule has 0 saturated carbocycles. The third-order valence-corrected chi connectivity index (χ3v) is 2.35. The summed E-state index contributed by atoms with van der Waals surface area (Å²) in [7, 11) is 0. The van der Waals surface area contributed by atoms with Gasteiger partial charge in [-0.15, -0.1) is 0 Å². The summed E-state index contributed by atoms with van der Waals surface area (Å²) in [5, 5.41) is 16.6. The lowest BCUT2D eigenvalue weighted by molar-refractivity contribution is -0.386. The molecule has 0 aromatic heterocycles. The van der Waals surface area contributed by atoms with Gasteiger partial charge in [-0.05, 0) is 19.9 Å². The molecule has 1 rings (SSSR count). The normalized spacial score (nSPS) is 10.2. The molecular weight excluding hydrogens is 262 g/mol. The molecule has 7 nitrogen and oxygen atoms in total. The van der Waals surface area contributed by atoms with Gasteiger partial charge in [-0.2, -0.15) is 0 Å². The van der Waals surface area contributed by atoms with E-state index >= 15 is 0 Å². The third-order valence-electron chi connectivity index (χ3n) is 2.35. The average Bonchev–Trinajstić information content (AvgIpc) is 2.33. The van der Waals surface area contributed by atoms with E-state index in [2.05, 4.69) is 10.6 Å². The Morgan fingerprint density at radius 2 is 2.10 bits per heavy atom. The highest BCUT2D eigenvalue weighted by Crippen LogP contribution is 2.30. The Morgan fingerprint density at radius 3 is 2.65 bits per heavy atom. The maximum atomic E-state index is 10.9. The fourth-order valence-electron chi connectivity index (χ4n) is 1.57. The van der Waals surface area contributed by atoms with Crippen molar-refractivity contribution < 1.29 is 14.5 Å². The van der Waals surface area contributed by atoms with E-state index in [4.69, 9.17) is 4.74 Å². The van der Waals surface area contributed by atoms with Gasteiger partial charge in [0.2, 0.25) is 5.91 Å². The number of carbonyl (C=O) groups is 1. The molecule has 0 unspecified atom stereocenters. The first kappa shape index (κ1) is 15.7. The van der Waals surface area contributed by atoms with Gasteiger partial charge in [0.25, 0.3) is 0 Å². The number of rotatable bonds is 7. The molecule has 0 spiro atoms. The number of benzene rings is 1. The molecule has 0 atom stereocenters. The van der Waals surface area contributed by atoms with Gasteiger partial charge in [0.1, 0.15) is 0 Å². The van der Waals surface area contributed by atoms with E-state index in [1.165, 1.54) is 13.0 Å². The fourth-order valence-corrected chi connectivity index (χ4v) is 1.57. The van der Waals surface area contributed by atoms with Gasteiger partial charge in [0, 0.05) is 37.8 Å². The second-order valence-corrected chi connectivity index (χ2v) is 4.52. The van der Waals surface area contributed by atoms with Crippen molar-refractivity contribution in [1.82, 2.24) is 5.32 Å². The van der Waals surface area contributed by atoms with Gasteiger partial charge < -0.3 is 15.4 Å². The fraction of sp³-hybridized carbons (Fsp3) is 0.462. The van der Waals surface area contributed by atoms with Crippen LogP contribution < -0.4 is 15.4 Å². The molecule has 0 aliphatic carbocycles. The average molecular weight is 281 g/mol. The number of hydrogen-bond donors (Lipinski definition) is 2. The first-order chi connectivity index (χ1) is 9.40. The summed E-state index contributed by atoms with van der Waals surface area (Å²) < 4.78 is 5.44. The molecule has 1 amide bonds. The monoisotopic (exact) mass is 281 g/mol. The molecule has 1 aromatic rings. The summed E-state index contributed by atoms with van der Waals surface area (Å²) in [6, 6.07) is 4.60. The second kappa shape index (κ2) is 7.32. The molecule has 7 heteroatoms. The van der Waals surface area contributed by atoms with E-state index in [0.717, 1.165) is 0 Å². The first-order valence-electron chi connectivity index (χ1n) is 6.33. The second-order valence-electron chi connectivity index (χ2n) is 4.52. The van der Waals surface area contributed by atoms with E-state index in [0.29, 0.717) is 18.8 Å². The molecule has 0 radical (unpaired) electrons. The SMILES string of the molecule is CC(=O)NCCNc1ccc([N+](=O)[O-])c(OC(C)C)c1. The number of carbonyl (C=O) groups excluding carboxylic acids is 1. The number of nitro benzene ring substituents is 1. The molecule has 110 valence electrons. The Kier molecular flexibility index (Phi) is 5.76. The van der Waals surface area contributed by atoms with Gasteiger partial charge in [-0.25, -0.2) is 0 Å². The van der Waals surface area contributed by atoms with Gasteiger partial charge in [0.05, 0.1) is 11.0 Å². The smallest absolute Gasteiger partial charge is 0.311 e. The summed E-state index contributed by atoms with van der Waals surface area (Å²) in [4.78, 5) is 21.2. The molecule has 0 aliphatic heterocycles. The Balaban J connectivity index is 2.73. The zero-order valence-electron chi connectivity index (χ0n) is 11.8. The Hall–Kier alpha value is -2.31. The molecule has 0 saturated heterocycles. The lowest BCUT2D eigenvalue weighted by Gasteiger charge is -2.12. The minimum atomic E-state index is -0.473. The van der Waals surface area contributed by atoms with Crippen molar-refractivity contribution in [3.8, 4) is 5.75 Å². The maximum Gasteiger partial charge on any atom is 0.311 e. The van der Waals surface area contributed by atoms with Gasteiger partial charge in [-0.3, -0.25) is 14.9 Å². The number of ether oxygens (including phenoxy) is 1. The molecule has 0 heterocycles. The molecule has 20 heavy (non-hydrogen) atoms. The first-order valence-corrected chi connectivity index (χ1v) is 6.33. The number of nitrogens with one attached hydrogen (secondary N) is 2. The van der Waals surface area contributed by atoms with Crippen molar-refractivity contribution in [3.05, 3.63) is 28.3 Å². The zero-order valence-corrected chi connectivity index (χ0v) is 11.8. The quantitative estimate of drug-likeness (QED) is 0.452. The van der Waals surface area contributed by atoms with Crippen LogP contribution in [0.25, 0.3) is 0 Å². The highest BCUT2D eigenvalue weighted by atomic mass is 16.6. The molecule has 0 fully saturated rings. The summed E-state index contributed by atoms with van der Waals surface area (Å²) in [5.41, 5.74) is 0.641. The maximum absolute atomic E-state index is 10.9. The summed E-state index contributed by atoms with van der Waals surface area (Å²) in [6.45, 7) is 6.06. The molecular formula is C13H19N3O4. The Morgan fingerprint density at radius 1 is 1.40 bits per heavy atom. The zero-order chi connectivity index (χ0) is 15.1. The number of nitro groups is 1. The predicted molar refractivity (Wildman–Crippen MR) is 76.0 cm³/mol. The Labute approximate surface area is 117 Å². The van der Waals surface area contributed by atoms with E-state index in [1.807, 2.05) is 0 Å². The van der Waals surface area contributed by atoms with Crippen LogP contribution in [0.1, 0.15) is 20.8 Å². The number of hydrogen-bond acceptors (Lipinski definition) is 5. The van der Waals surface area contributed by atoms with Crippen molar-refractivity contribution in [2.75, 3.05) is 18.4 Å². The van der Waals surface area contributed by atoms with Gasteiger partial charge in [-0.1, -0.05) is 0 Å². The number of anilines is 1. The largest absolute Gasteiger partial charge is 0.484 e. The lowest BCUT2D eigenvalue weighted by atomic mass is 10.2. The van der Waals surface area contributed by atoms with Crippen molar-refractivity contribution in [3.63, 3.8) is 0 Å². The van der Waals surface area contributed by atoms with Crippen LogP contribution in [0.4, 0.5) is 11.4 Å². The van der Waals surface area contributed by atoms with Crippen LogP contribution in [0.2, 0.25) is 0 Å². The third kappa shape index (κ3) is 5.13. The summed E-state index contributed by atoms with van der Waals surface area (Å²) in [5.74, 6) is 0.133. The number of nitrogens with zero attached hydrogens (tertiary/aromatic N) is 1. The van der Waals surface area contributed by atoms with Crippen molar-refractivity contribution in [1.29, 1.82) is 0 Å². The standard InChI is InChI=1S/C13H19N3O4/c1-9(2)20-13-8-11(4-5-12(13)16(18)19)15-7-6-14-10(3)17/h4-5,8-9,15H,6-7H2,1-3H3,(H,14,17). The van der Waals surface area contributed by atoms with Crippen LogP contribution in [0.15, 0.2) is 18.2 Å².